The molecule has 2 aromatic heterocycles. The zero-order valence-electron chi connectivity index (χ0n) is 19.7. The molecule has 0 aliphatic carbocycles. The highest BCUT2D eigenvalue weighted by atomic mass is 79.9. The molecule has 41 heavy (non-hydrogen) atoms. The van der Waals surface area contributed by atoms with E-state index in [1.54, 1.807) is 24.3 Å². The van der Waals surface area contributed by atoms with Crippen LogP contribution in [-0.4, -0.2) is 81.5 Å². The van der Waals surface area contributed by atoms with E-state index in [1.165, 1.54) is 18.2 Å². The summed E-state index contributed by atoms with van der Waals surface area (Å²) in [4.78, 5) is 54.1. The molecule has 0 bridgehead atoms. The number of aromatic carboxylic acids is 3. The van der Waals surface area contributed by atoms with Gasteiger partial charge in [-0.15, -0.1) is 4.73 Å². The molecule has 0 spiro atoms. The maximum Gasteiger partial charge on any atom is 0.490 e. The van der Waals surface area contributed by atoms with E-state index in [-0.39, 0.29) is 32.7 Å². The molecule has 1 aromatic carbocycles. The van der Waals surface area contributed by atoms with Crippen LogP contribution in [0.15, 0.2) is 68.5 Å². The summed E-state index contributed by atoms with van der Waals surface area (Å²) in [5.74, 6) is -6.48. The number of phenols is 1. The number of alkyl halides is 3. The van der Waals surface area contributed by atoms with Crippen molar-refractivity contribution in [2.75, 3.05) is 0 Å². The van der Waals surface area contributed by atoms with Crippen LogP contribution in [-0.2, 0) is 4.79 Å². The summed E-state index contributed by atoms with van der Waals surface area (Å²) in [5.41, 5.74) is -1.25. The third-order valence-electron chi connectivity index (χ3n) is 3.54. The molecule has 3 aromatic rings. The highest BCUT2D eigenvalue weighted by molar-refractivity contribution is 9.10. The summed E-state index contributed by atoms with van der Waals surface area (Å²) >= 11 is 6.06. The summed E-state index contributed by atoms with van der Waals surface area (Å²) in [6, 6.07) is 12.6. The van der Waals surface area contributed by atoms with E-state index in [0.717, 1.165) is 12.1 Å². The van der Waals surface area contributed by atoms with Gasteiger partial charge in [-0.1, -0.05) is 18.2 Å². The van der Waals surface area contributed by atoms with Crippen molar-refractivity contribution in [1.82, 2.24) is 9.71 Å². The fourth-order valence-corrected chi connectivity index (χ4v) is 2.57. The number of nitrogens with zero attached hydrogens (tertiary/aromatic N) is 2. The number of aliphatic carboxylic acids is 1. The van der Waals surface area contributed by atoms with Gasteiger partial charge in [0.25, 0.3) is 5.56 Å². The number of carbonyl (C=O) groups is 4. The van der Waals surface area contributed by atoms with Crippen LogP contribution in [0, 0.1) is 0 Å². The Morgan fingerprint density at radius 2 is 1.27 bits per heavy atom. The Hall–Kier alpha value is -4.53. The highest BCUT2D eigenvalue weighted by Gasteiger charge is 2.38. The minimum absolute atomic E-state index is 0. The van der Waals surface area contributed by atoms with Crippen molar-refractivity contribution in [1.29, 1.82) is 0 Å². The Kier molecular flexibility index (Phi) is 18.7. The molecule has 0 atom stereocenters. The SMILES string of the molecule is O.O.O=C(O)C(F)(F)F.O=C(O)c1cccc(=O)n1O.O=C(O)c1cccc(Br)c1O.O=C(O)c1cccc(Br)n1. The van der Waals surface area contributed by atoms with Gasteiger partial charge in [0.15, 0.2) is 5.69 Å². The smallest absolute Gasteiger partial charge is 0.490 e. The minimum Gasteiger partial charge on any atom is -0.506 e. The van der Waals surface area contributed by atoms with Crippen LogP contribution in [0.3, 0.4) is 0 Å². The summed E-state index contributed by atoms with van der Waals surface area (Å²) in [6.07, 6.45) is -5.08. The summed E-state index contributed by atoms with van der Waals surface area (Å²) < 4.78 is 32.7. The molecular formula is C21H19Br2F3N2O13. The molecule has 0 amide bonds. The van der Waals surface area contributed by atoms with Gasteiger partial charge in [0.1, 0.15) is 21.6 Å². The average molecular weight is 724 g/mol. The van der Waals surface area contributed by atoms with Crippen LogP contribution in [0.1, 0.15) is 31.3 Å². The van der Waals surface area contributed by atoms with E-state index >= 15 is 0 Å². The molecule has 0 unspecified atom stereocenters. The molecule has 10 N–H and O–H groups in total. The van der Waals surface area contributed by atoms with E-state index in [4.69, 9.17) is 35.5 Å². The first kappa shape index (κ1) is 41.0. The monoisotopic (exact) mass is 722 g/mol. The standard InChI is InChI=1S/C7H5BrO3.C6H4BrNO2.C6H5NO4.C2HF3O2.2H2O/c8-5-3-1-2-4(6(5)9)7(10)11;7-5-3-1-2-4(8-5)6(9)10;8-5-3-1-2-4(6(9)10)7(5)11;3-2(4,5)1(6)7;;/h1-3,9H,(H,10,11);1-3H,(H,9,10);1-3,11H,(H,9,10);(H,6,7);2*1H2. The number of aromatic nitrogens is 2. The predicted octanol–water partition coefficient (Wildman–Crippen LogP) is 2.16. The summed E-state index contributed by atoms with van der Waals surface area (Å²) in [5, 5.41) is 50.4. The number of carboxylic acids is 4. The van der Waals surface area contributed by atoms with E-state index in [2.05, 4.69) is 36.8 Å². The van der Waals surface area contributed by atoms with E-state index < -0.39 is 41.3 Å². The highest BCUT2D eigenvalue weighted by Crippen LogP contribution is 2.26. The first-order valence-corrected chi connectivity index (χ1v) is 11.0. The number of pyridine rings is 2. The Morgan fingerprint density at radius 3 is 1.61 bits per heavy atom. The first-order chi connectivity index (χ1) is 17.9. The lowest BCUT2D eigenvalue weighted by atomic mass is 10.2. The van der Waals surface area contributed by atoms with Crippen molar-refractivity contribution in [2.24, 2.45) is 0 Å². The van der Waals surface area contributed by atoms with Crippen LogP contribution < -0.4 is 5.56 Å². The van der Waals surface area contributed by atoms with E-state index in [0.29, 0.717) is 9.08 Å². The fourth-order valence-electron chi connectivity index (χ4n) is 1.86. The Bertz CT molecular complexity index is 1400. The van der Waals surface area contributed by atoms with E-state index in [1.807, 2.05) is 0 Å². The van der Waals surface area contributed by atoms with Gasteiger partial charge in [0.2, 0.25) is 0 Å². The minimum atomic E-state index is -5.08. The molecule has 2 heterocycles. The molecular weight excluding hydrogens is 705 g/mol. The Balaban J connectivity index is -0.000000468. The van der Waals surface area contributed by atoms with E-state index in [9.17, 15) is 32.3 Å². The third kappa shape index (κ3) is 15.0. The average Bonchev–Trinajstić information content (AvgIpc) is 2.83. The number of benzene rings is 1. The molecule has 0 radical (unpaired) electrons. The van der Waals surface area contributed by atoms with Gasteiger partial charge >= 0.3 is 30.1 Å². The van der Waals surface area contributed by atoms with Gasteiger partial charge in [-0.3, -0.25) is 4.79 Å². The lowest BCUT2D eigenvalue weighted by Gasteiger charge is -1.99. The summed E-state index contributed by atoms with van der Waals surface area (Å²) in [6.45, 7) is 0. The predicted molar refractivity (Wildman–Crippen MR) is 137 cm³/mol. The van der Waals surface area contributed by atoms with Crippen LogP contribution in [0.25, 0.3) is 0 Å². The maximum absolute atomic E-state index is 10.6. The van der Waals surface area contributed by atoms with Crippen LogP contribution >= 0.6 is 31.9 Å². The lowest BCUT2D eigenvalue weighted by Crippen LogP contribution is -2.22. The van der Waals surface area contributed by atoms with Gasteiger partial charge in [-0.2, -0.15) is 13.2 Å². The van der Waals surface area contributed by atoms with Crippen molar-refractivity contribution in [3.8, 4) is 5.75 Å². The quantitative estimate of drug-likeness (QED) is 0.167. The Labute approximate surface area is 242 Å². The molecule has 0 aliphatic rings. The van der Waals surface area contributed by atoms with Crippen molar-refractivity contribution in [2.45, 2.75) is 6.18 Å². The second kappa shape index (κ2) is 18.7. The first-order valence-electron chi connectivity index (χ1n) is 9.41. The van der Waals surface area contributed by atoms with Gasteiger partial charge in [-0.25, -0.2) is 24.2 Å². The third-order valence-corrected chi connectivity index (χ3v) is 4.62. The second-order valence-corrected chi connectivity index (χ2v) is 7.93. The van der Waals surface area contributed by atoms with Crippen molar-refractivity contribution in [3.05, 3.63) is 91.0 Å². The lowest BCUT2D eigenvalue weighted by molar-refractivity contribution is -0.192. The normalized spacial score (nSPS) is 9.29. The molecule has 20 heteroatoms. The molecule has 0 fully saturated rings. The molecule has 0 saturated heterocycles. The van der Waals surface area contributed by atoms with Crippen molar-refractivity contribution >= 4 is 55.7 Å². The molecule has 15 nitrogen and oxygen atoms in total. The van der Waals surface area contributed by atoms with Crippen LogP contribution in [0.2, 0.25) is 0 Å². The fraction of sp³-hybridized carbons (Fsp3) is 0.0476. The number of para-hydroxylation sites is 1. The maximum atomic E-state index is 10.6. The number of carboxylic acid groups (broad SMARTS) is 4. The van der Waals surface area contributed by atoms with Gasteiger partial charge in [-0.05, 0) is 62.2 Å². The topological polar surface area (TPSA) is 288 Å². The number of rotatable bonds is 3. The van der Waals surface area contributed by atoms with Crippen LogP contribution in [0.4, 0.5) is 13.2 Å². The number of aromatic hydroxyl groups is 1. The number of hydrogen-bond donors (Lipinski definition) is 6. The van der Waals surface area contributed by atoms with Gasteiger partial charge in [0, 0.05) is 6.07 Å². The molecule has 3 rings (SSSR count). The summed E-state index contributed by atoms with van der Waals surface area (Å²) in [7, 11) is 0. The Morgan fingerprint density at radius 1 is 0.780 bits per heavy atom. The molecule has 226 valence electrons. The number of hydrogen-bond acceptors (Lipinski definition) is 8. The van der Waals surface area contributed by atoms with Gasteiger partial charge < -0.3 is 41.7 Å². The molecule has 0 aliphatic heterocycles. The second-order valence-electron chi connectivity index (χ2n) is 6.26. The van der Waals surface area contributed by atoms with Crippen molar-refractivity contribution < 1.29 is 74.0 Å². The number of halogens is 5. The zero-order chi connectivity index (χ0) is 30.5. The zero-order valence-corrected chi connectivity index (χ0v) is 22.9. The molecule has 0 saturated carbocycles. The largest absolute Gasteiger partial charge is 0.506 e. The van der Waals surface area contributed by atoms with Crippen LogP contribution in [0.5, 0.6) is 5.75 Å². The van der Waals surface area contributed by atoms with Gasteiger partial charge in [0.05, 0.1) is 4.47 Å². The van der Waals surface area contributed by atoms with Crippen molar-refractivity contribution in [3.63, 3.8) is 0 Å².